The first-order valence-corrected chi connectivity index (χ1v) is 10.5. The average molecular weight is 444 g/mol. The van der Waals surface area contributed by atoms with Gasteiger partial charge in [0, 0.05) is 11.6 Å². The van der Waals surface area contributed by atoms with Crippen molar-refractivity contribution in [2.45, 2.75) is 31.8 Å². The fourth-order valence-electron chi connectivity index (χ4n) is 1.13. The average Bonchev–Trinajstić information content (AvgIpc) is 2.19. The molecule has 1 atom stereocenters. The van der Waals surface area contributed by atoms with E-state index < -0.39 is 16.5 Å². The molecule has 4 N–H and O–H groups in total. The normalized spacial score (nSPS) is 12.9. The predicted octanol–water partition coefficient (Wildman–Crippen LogP) is 2.67. The van der Waals surface area contributed by atoms with Crippen LogP contribution in [0.5, 0.6) is 0 Å². The second-order valence-electron chi connectivity index (χ2n) is 4.16. The molecule has 1 aromatic carbocycles. The summed E-state index contributed by atoms with van der Waals surface area (Å²) >= 11 is -0.472. The molecule has 0 aromatic heterocycles. The number of halogens is 2. The maximum atomic E-state index is 5.96. The van der Waals surface area contributed by atoms with Crippen molar-refractivity contribution in [3.63, 3.8) is 0 Å². The quantitative estimate of drug-likeness (QED) is 0.754. The Bertz CT molecular complexity index is 275. The van der Waals surface area contributed by atoms with E-state index in [1.807, 2.05) is 32.0 Å². The second kappa shape index (κ2) is 8.49. The molecule has 1 rings (SSSR count). The van der Waals surface area contributed by atoms with Crippen molar-refractivity contribution in [1.82, 2.24) is 0 Å². The van der Waals surface area contributed by atoms with Gasteiger partial charge in [-0.25, -0.2) is 0 Å². The Balaban J connectivity index is 0.000000673. The molecular weight excluding hydrogens is 426 g/mol. The molecule has 96 valence electrons. The van der Waals surface area contributed by atoms with Crippen LogP contribution >= 0.6 is 18.8 Å². The molecule has 0 saturated carbocycles. The van der Waals surface area contributed by atoms with Gasteiger partial charge in [-0.15, -0.1) is 0 Å². The van der Waals surface area contributed by atoms with E-state index in [4.69, 9.17) is 30.3 Å². The molecule has 1 aromatic rings. The number of benzene rings is 1. The van der Waals surface area contributed by atoms with Crippen molar-refractivity contribution in [2.24, 2.45) is 11.5 Å². The maximum absolute atomic E-state index is 5.96. The van der Waals surface area contributed by atoms with E-state index in [0.717, 1.165) is 6.42 Å². The van der Waals surface area contributed by atoms with Crippen molar-refractivity contribution >= 4 is 18.8 Å². The van der Waals surface area contributed by atoms with Crippen LogP contribution in [0.2, 0.25) is 0 Å². The Morgan fingerprint density at radius 2 is 1.69 bits per heavy atom. The molecule has 2 nitrogen and oxygen atoms in total. The predicted molar refractivity (Wildman–Crippen MR) is 68.1 cm³/mol. The van der Waals surface area contributed by atoms with Crippen LogP contribution in [0.4, 0.5) is 0 Å². The van der Waals surface area contributed by atoms with E-state index in [1.165, 1.54) is 5.56 Å². The minimum absolute atomic E-state index is 0.00917. The van der Waals surface area contributed by atoms with Gasteiger partial charge in [0.1, 0.15) is 0 Å². The zero-order valence-electron chi connectivity index (χ0n) is 9.40. The van der Waals surface area contributed by atoms with Gasteiger partial charge in [0.25, 0.3) is 0 Å². The molecule has 5 heteroatoms. The Labute approximate surface area is 114 Å². The van der Waals surface area contributed by atoms with E-state index in [0.29, 0.717) is 0 Å². The van der Waals surface area contributed by atoms with Crippen LogP contribution < -0.4 is 11.5 Å². The van der Waals surface area contributed by atoms with Gasteiger partial charge < -0.3 is 11.5 Å². The Kier molecular flexibility index (Phi) is 8.71. The SMILES string of the molecule is CC(C)(N)C(N)Cc1ccccc1.[Cl][Pt][Cl]. The number of hydrogen-bond acceptors (Lipinski definition) is 2. The van der Waals surface area contributed by atoms with E-state index >= 15 is 0 Å². The summed E-state index contributed by atoms with van der Waals surface area (Å²) in [6, 6.07) is 10.2. The van der Waals surface area contributed by atoms with Gasteiger partial charge in [0.15, 0.2) is 0 Å². The molecule has 0 aliphatic rings. The van der Waals surface area contributed by atoms with Crippen molar-refractivity contribution in [1.29, 1.82) is 0 Å². The molecule has 0 radical (unpaired) electrons. The fourth-order valence-corrected chi connectivity index (χ4v) is 1.13. The molecule has 16 heavy (non-hydrogen) atoms. The van der Waals surface area contributed by atoms with E-state index in [-0.39, 0.29) is 11.6 Å². The van der Waals surface area contributed by atoms with Crippen LogP contribution in [0.15, 0.2) is 30.3 Å². The summed E-state index contributed by atoms with van der Waals surface area (Å²) in [5.41, 5.74) is 12.8. The molecule has 0 amide bonds. The van der Waals surface area contributed by atoms with Crippen molar-refractivity contribution < 1.29 is 16.5 Å². The van der Waals surface area contributed by atoms with Crippen LogP contribution in [-0.4, -0.2) is 11.6 Å². The molecule has 0 bridgehead atoms. The summed E-state index contributed by atoms with van der Waals surface area (Å²) in [6.45, 7) is 3.92. The summed E-state index contributed by atoms with van der Waals surface area (Å²) < 4.78 is 0. The number of rotatable bonds is 3. The Morgan fingerprint density at radius 3 is 2.06 bits per heavy atom. The van der Waals surface area contributed by atoms with Crippen molar-refractivity contribution in [2.75, 3.05) is 0 Å². The number of hydrogen-bond donors (Lipinski definition) is 2. The molecule has 1 unspecified atom stereocenters. The van der Waals surface area contributed by atoms with Crippen molar-refractivity contribution in [3.8, 4) is 0 Å². The summed E-state index contributed by atoms with van der Waals surface area (Å²) in [5.74, 6) is 0. The van der Waals surface area contributed by atoms with E-state index in [1.54, 1.807) is 0 Å². The molecule has 0 saturated heterocycles. The van der Waals surface area contributed by atoms with Gasteiger partial charge in [-0.05, 0) is 25.8 Å². The van der Waals surface area contributed by atoms with Crippen LogP contribution in [-0.2, 0) is 22.9 Å². The van der Waals surface area contributed by atoms with Gasteiger partial charge >= 0.3 is 35.3 Å². The molecule has 0 heterocycles. The summed E-state index contributed by atoms with van der Waals surface area (Å²) in [4.78, 5) is 0. The van der Waals surface area contributed by atoms with Crippen LogP contribution in [0.1, 0.15) is 19.4 Å². The van der Waals surface area contributed by atoms with Crippen LogP contribution in [0, 0.1) is 0 Å². The first-order valence-electron chi connectivity index (χ1n) is 4.82. The topological polar surface area (TPSA) is 52.0 Å². The van der Waals surface area contributed by atoms with Gasteiger partial charge in [0.2, 0.25) is 0 Å². The third kappa shape index (κ3) is 7.64. The van der Waals surface area contributed by atoms with E-state index in [2.05, 4.69) is 12.1 Å². The molecule has 0 aliphatic heterocycles. The van der Waals surface area contributed by atoms with Gasteiger partial charge in [0.05, 0.1) is 0 Å². The molecular formula is C11H18Cl2N2Pt. The van der Waals surface area contributed by atoms with Crippen molar-refractivity contribution in [3.05, 3.63) is 35.9 Å². The summed E-state index contributed by atoms with van der Waals surface area (Å²) in [5, 5.41) is 0. The van der Waals surface area contributed by atoms with E-state index in [9.17, 15) is 0 Å². The van der Waals surface area contributed by atoms with Gasteiger partial charge in [-0.2, -0.15) is 0 Å². The Hall–Kier alpha value is 0.408. The first-order chi connectivity index (χ1) is 7.41. The monoisotopic (exact) mass is 443 g/mol. The van der Waals surface area contributed by atoms with Crippen LogP contribution in [0.3, 0.4) is 0 Å². The first kappa shape index (κ1) is 16.4. The minimum atomic E-state index is -0.472. The molecule has 0 spiro atoms. The zero-order valence-corrected chi connectivity index (χ0v) is 13.2. The summed E-state index contributed by atoms with van der Waals surface area (Å²) in [6.07, 6.45) is 0.838. The zero-order chi connectivity index (χ0) is 12.6. The third-order valence-corrected chi connectivity index (χ3v) is 2.25. The third-order valence-electron chi connectivity index (χ3n) is 2.25. The molecule has 0 aliphatic carbocycles. The van der Waals surface area contributed by atoms with Gasteiger partial charge in [-0.1, -0.05) is 30.3 Å². The van der Waals surface area contributed by atoms with Gasteiger partial charge in [-0.3, -0.25) is 0 Å². The summed E-state index contributed by atoms with van der Waals surface area (Å²) in [7, 11) is 9.75. The number of nitrogens with two attached hydrogens (primary N) is 2. The van der Waals surface area contributed by atoms with Crippen LogP contribution in [0.25, 0.3) is 0 Å². The molecule has 0 fully saturated rings. The second-order valence-corrected chi connectivity index (χ2v) is 7.45. The standard InChI is InChI=1S/C11H18N2.2ClH.Pt/c1-11(2,13)10(12)8-9-6-4-3-5-7-9;;;/h3-7,10H,8,12-13H2,1-2H3;2*1H;/q;;;+2/p-2. The fraction of sp³-hybridized carbons (Fsp3) is 0.455. The Morgan fingerprint density at radius 1 is 1.25 bits per heavy atom.